The number of rotatable bonds is 5. The second kappa shape index (κ2) is 8.07. The van der Waals surface area contributed by atoms with Crippen LogP contribution in [0.15, 0.2) is 54.6 Å². The van der Waals surface area contributed by atoms with E-state index in [-0.39, 0.29) is 5.91 Å². The first-order chi connectivity index (χ1) is 13.6. The molecule has 1 aliphatic rings. The lowest BCUT2D eigenvalue weighted by Crippen LogP contribution is -2.31. The second-order valence-corrected chi connectivity index (χ2v) is 7.59. The number of amides is 1. The van der Waals surface area contributed by atoms with E-state index in [0.717, 1.165) is 37.3 Å². The Labute approximate surface area is 169 Å². The fourth-order valence-corrected chi connectivity index (χ4v) is 3.76. The van der Waals surface area contributed by atoms with Crippen LogP contribution < -0.4 is 10.2 Å². The fourth-order valence-electron chi connectivity index (χ4n) is 3.55. The van der Waals surface area contributed by atoms with E-state index in [4.69, 9.17) is 11.6 Å². The summed E-state index contributed by atoms with van der Waals surface area (Å²) in [6.45, 7) is 5.30. The van der Waals surface area contributed by atoms with E-state index in [1.807, 2.05) is 55.5 Å². The summed E-state index contributed by atoms with van der Waals surface area (Å²) < 4.78 is 2.08. The topological polar surface area (TPSA) is 50.2 Å². The molecule has 0 radical (unpaired) electrons. The molecule has 3 aromatic rings. The Morgan fingerprint density at radius 3 is 2.71 bits per heavy atom. The van der Waals surface area contributed by atoms with Crippen molar-refractivity contribution >= 4 is 23.3 Å². The van der Waals surface area contributed by atoms with Crippen LogP contribution in [0.2, 0.25) is 5.02 Å². The Kier molecular flexibility index (Phi) is 5.35. The number of benzene rings is 2. The maximum atomic E-state index is 12.4. The van der Waals surface area contributed by atoms with E-state index >= 15 is 0 Å². The van der Waals surface area contributed by atoms with Crippen molar-refractivity contribution in [2.24, 2.45) is 0 Å². The maximum absolute atomic E-state index is 12.4. The average molecular weight is 395 g/mol. The molecule has 5 nitrogen and oxygen atoms in total. The molecule has 0 saturated heterocycles. The van der Waals surface area contributed by atoms with Crippen LogP contribution in [0, 0.1) is 6.92 Å². The molecule has 4 rings (SSSR count). The van der Waals surface area contributed by atoms with Gasteiger partial charge >= 0.3 is 0 Å². The molecule has 2 aromatic carbocycles. The molecule has 6 heteroatoms. The van der Waals surface area contributed by atoms with Gasteiger partial charge in [0.05, 0.1) is 5.69 Å². The van der Waals surface area contributed by atoms with E-state index in [0.29, 0.717) is 17.1 Å². The molecule has 144 valence electrons. The van der Waals surface area contributed by atoms with Gasteiger partial charge < -0.3 is 10.2 Å². The summed E-state index contributed by atoms with van der Waals surface area (Å²) in [5.41, 5.74) is 3.87. The van der Waals surface area contributed by atoms with Crippen molar-refractivity contribution in [1.82, 2.24) is 15.1 Å². The lowest BCUT2D eigenvalue weighted by Gasteiger charge is -2.29. The van der Waals surface area contributed by atoms with Crippen LogP contribution >= 0.6 is 11.6 Å². The standard InChI is InChI=1S/C22H23ClN4O/c1-16-12-21-26(10-3-11-27(21)25-16)15-17-6-8-19(9-7-17)22(28)24-14-18-4-2-5-20(23)13-18/h2,4-9,12-13H,3,10-11,14-15H2,1H3,(H,24,28). The van der Waals surface area contributed by atoms with E-state index < -0.39 is 0 Å². The molecular weight excluding hydrogens is 372 g/mol. The number of fused-ring (bicyclic) bond motifs is 1. The van der Waals surface area contributed by atoms with Crippen LogP contribution in [-0.4, -0.2) is 22.2 Å². The van der Waals surface area contributed by atoms with Gasteiger partial charge in [-0.2, -0.15) is 5.10 Å². The first-order valence-electron chi connectivity index (χ1n) is 9.49. The molecule has 0 saturated carbocycles. The normalized spacial score (nSPS) is 13.3. The fraction of sp³-hybridized carbons (Fsp3) is 0.273. The van der Waals surface area contributed by atoms with Crippen LogP contribution in [-0.2, 0) is 19.6 Å². The Balaban J connectivity index is 1.38. The van der Waals surface area contributed by atoms with E-state index in [2.05, 4.69) is 26.1 Å². The number of nitrogens with one attached hydrogen (secondary N) is 1. The molecule has 0 unspecified atom stereocenters. The van der Waals surface area contributed by atoms with Crippen molar-refractivity contribution < 1.29 is 4.79 Å². The minimum Gasteiger partial charge on any atom is -0.352 e. The summed E-state index contributed by atoms with van der Waals surface area (Å²) in [6.07, 6.45) is 1.10. The molecule has 0 bridgehead atoms. The third-order valence-electron chi connectivity index (χ3n) is 4.93. The predicted molar refractivity (Wildman–Crippen MR) is 112 cm³/mol. The van der Waals surface area contributed by atoms with Crippen LogP contribution in [0.3, 0.4) is 0 Å². The summed E-state index contributed by atoms with van der Waals surface area (Å²) in [5, 5.41) is 8.16. The van der Waals surface area contributed by atoms with Crippen LogP contribution in [0.25, 0.3) is 0 Å². The number of aryl methyl sites for hydroxylation is 2. The highest BCUT2D eigenvalue weighted by atomic mass is 35.5. The van der Waals surface area contributed by atoms with Crippen molar-refractivity contribution in [3.05, 3.63) is 82.0 Å². The number of anilines is 1. The molecule has 0 fully saturated rings. The van der Waals surface area contributed by atoms with E-state index in [1.165, 1.54) is 11.4 Å². The van der Waals surface area contributed by atoms with Gasteiger partial charge in [0.1, 0.15) is 5.82 Å². The molecule has 1 aromatic heterocycles. The highest BCUT2D eigenvalue weighted by Gasteiger charge is 2.18. The van der Waals surface area contributed by atoms with Crippen molar-refractivity contribution in [3.8, 4) is 0 Å². The molecule has 28 heavy (non-hydrogen) atoms. The van der Waals surface area contributed by atoms with Gasteiger partial charge in [0.25, 0.3) is 5.91 Å². The summed E-state index contributed by atoms with van der Waals surface area (Å²) in [4.78, 5) is 14.7. The maximum Gasteiger partial charge on any atom is 0.251 e. The van der Waals surface area contributed by atoms with E-state index in [9.17, 15) is 4.79 Å². The molecular formula is C22H23ClN4O. The van der Waals surface area contributed by atoms with Crippen molar-refractivity contribution in [3.63, 3.8) is 0 Å². The van der Waals surface area contributed by atoms with Crippen molar-refractivity contribution in [1.29, 1.82) is 0 Å². The van der Waals surface area contributed by atoms with Crippen LogP contribution in [0.4, 0.5) is 5.82 Å². The summed E-state index contributed by atoms with van der Waals surface area (Å²) in [5.74, 6) is 1.09. The lowest BCUT2D eigenvalue weighted by molar-refractivity contribution is 0.0951. The SMILES string of the molecule is Cc1cc2n(n1)CCCN2Cc1ccc(C(=O)NCc2cccc(Cl)c2)cc1. The van der Waals surface area contributed by atoms with Crippen molar-refractivity contribution in [2.45, 2.75) is 33.0 Å². The number of aromatic nitrogens is 2. The highest BCUT2D eigenvalue weighted by Crippen LogP contribution is 2.23. The monoisotopic (exact) mass is 394 g/mol. The first kappa shape index (κ1) is 18.6. The van der Waals surface area contributed by atoms with E-state index in [1.54, 1.807) is 0 Å². The van der Waals surface area contributed by atoms with Gasteiger partial charge in [0.15, 0.2) is 0 Å². The summed E-state index contributed by atoms with van der Waals surface area (Å²) in [7, 11) is 0. The number of carbonyl (C=O) groups excluding carboxylic acids is 1. The Morgan fingerprint density at radius 2 is 1.93 bits per heavy atom. The quantitative estimate of drug-likeness (QED) is 0.706. The number of halogens is 1. The zero-order chi connectivity index (χ0) is 19.5. The average Bonchev–Trinajstić information content (AvgIpc) is 3.08. The highest BCUT2D eigenvalue weighted by molar-refractivity contribution is 6.30. The zero-order valence-corrected chi connectivity index (χ0v) is 16.6. The predicted octanol–water partition coefficient (Wildman–Crippen LogP) is 4.19. The molecule has 0 spiro atoms. The second-order valence-electron chi connectivity index (χ2n) is 7.15. The van der Waals surface area contributed by atoms with Gasteiger partial charge in [-0.3, -0.25) is 4.79 Å². The molecule has 0 atom stereocenters. The first-order valence-corrected chi connectivity index (χ1v) is 9.87. The third-order valence-corrected chi connectivity index (χ3v) is 5.17. The van der Waals surface area contributed by atoms with Gasteiger partial charge in [0, 0.05) is 42.8 Å². The molecule has 1 N–H and O–H groups in total. The Bertz CT molecular complexity index is 980. The summed E-state index contributed by atoms with van der Waals surface area (Å²) >= 11 is 5.99. The van der Waals surface area contributed by atoms with Gasteiger partial charge in [-0.05, 0) is 48.7 Å². The third kappa shape index (κ3) is 4.20. The van der Waals surface area contributed by atoms with Crippen LogP contribution in [0.1, 0.15) is 33.6 Å². The lowest BCUT2D eigenvalue weighted by atomic mass is 10.1. The smallest absolute Gasteiger partial charge is 0.251 e. The van der Waals surface area contributed by atoms with Crippen LogP contribution in [0.5, 0.6) is 0 Å². The number of hydrogen-bond donors (Lipinski definition) is 1. The number of hydrogen-bond acceptors (Lipinski definition) is 3. The van der Waals surface area contributed by atoms with Gasteiger partial charge in [-0.25, -0.2) is 4.68 Å². The van der Waals surface area contributed by atoms with Gasteiger partial charge in [0.2, 0.25) is 0 Å². The number of nitrogens with zero attached hydrogens (tertiary/aromatic N) is 3. The minimum atomic E-state index is -0.0850. The molecule has 0 aliphatic carbocycles. The minimum absolute atomic E-state index is 0.0850. The van der Waals surface area contributed by atoms with Gasteiger partial charge in [-0.1, -0.05) is 35.9 Å². The largest absolute Gasteiger partial charge is 0.352 e. The zero-order valence-electron chi connectivity index (χ0n) is 15.9. The molecule has 1 aliphatic heterocycles. The summed E-state index contributed by atoms with van der Waals surface area (Å²) in [6, 6.07) is 17.5. The Morgan fingerprint density at radius 1 is 1.11 bits per heavy atom. The van der Waals surface area contributed by atoms with Gasteiger partial charge in [-0.15, -0.1) is 0 Å². The Hall–Kier alpha value is -2.79. The molecule has 2 heterocycles. The van der Waals surface area contributed by atoms with Crippen molar-refractivity contribution in [2.75, 3.05) is 11.4 Å². The molecule has 1 amide bonds. The number of carbonyl (C=O) groups is 1.